The number of hydrogen-bond donors (Lipinski definition) is 1. The van der Waals surface area contributed by atoms with Gasteiger partial charge in [-0.2, -0.15) is 0 Å². The fourth-order valence-corrected chi connectivity index (χ4v) is 2.54. The van der Waals surface area contributed by atoms with Crippen molar-refractivity contribution in [3.05, 3.63) is 0 Å². The van der Waals surface area contributed by atoms with E-state index in [9.17, 15) is 0 Å². The Morgan fingerprint density at radius 1 is 1.15 bits per heavy atom. The Hall–Kier alpha value is 0.840. The first kappa shape index (κ1) is 11.9. The Bertz CT molecular complexity index is 163. The monoisotopic (exact) mass is 313 g/mol. The van der Waals surface area contributed by atoms with Crippen LogP contribution in [0.4, 0.5) is 0 Å². The summed E-state index contributed by atoms with van der Waals surface area (Å²) in [7, 11) is 4.25. The second kappa shape index (κ2) is 5.07. The first-order valence-corrected chi connectivity index (χ1v) is 6.09. The largest absolute Gasteiger partial charge is 0.314 e. The lowest BCUT2D eigenvalue weighted by molar-refractivity contribution is 0.242. The fourth-order valence-electron chi connectivity index (χ4n) is 1.33. The smallest absolute Gasteiger partial charge is 0.145 e. The molecule has 13 heavy (non-hydrogen) atoms. The van der Waals surface area contributed by atoms with Crippen LogP contribution >= 0.6 is 31.9 Å². The minimum absolute atomic E-state index is 0.0826. The molecule has 0 spiro atoms. The van der Waals surface area contributed by atoms with Gasteiger partial charge in [-0.15, -0.1) is 0 Å². The number of hydrogen-bond acceptors (Lipinski definition) is 3. The first-order chi connectivity index (χ1) is 6.02. The van der Waals surface area contributed by atoms with Crippen LogP contribution in [0.25, 0.3) is 0 Å². The quantitative estimate of drug-likeness (QED) is 0.529. The molecule has 0 aromatic heterocycles. The van der Waals surface area contributed by atoms with E-state index >= 15 is 0 Å². The molecule has 0 saturated carbocycles. The van der Waals surface area contributed by atoms with Gasteiger partial charge in [-0.05, 0) is 14.1 Å². The van der Waals surface area contributed by atoms with Crippen LogP contribution in [-0.4, -0.2) is 60.0 Å². The van der Waals surface area contributed by atoms with Crippen molar-refractivity contribution in [1.82, 2.24) is 15.1 Å². The van der Waals surface area contributed by atoms with Crippen LogP contribution < -0.4 is 5.32 Å². The van der Waals surface area contributed by atoms with E-state index in [1.54, 1.807) is 0 Å². The van der Waals surface area contributed by atoms with E-state index in [0.717, 1.165) is 32.7 Å². The maximum atomic E-state index is 3.69. The van der Waals surface area contributed by atoms with Crippen LogP contribution in [0.15, 0.2) is 0 Å². The zero-order valence-electron chi connectivity index (χ0n) is 8.19. The highest BCUT2D eigenvalue weighted by Crippen LogP contribution is 2.30. The zero-order valence-corrected chi connectivity index (χ0v) is 11.4. The SMILES string of the molecule is CN1CCNCCN(C)C(Br)(Br)C1. The number of likely N-dealkylation sites (N-methyl/N-ethyl adjacent to an activating group) is 2. The lowest BCUT2D eigenvalue weighted by Gasteiger charge is -2.33. The summed E-state index contributed by atoms with van der Waals surface area (Å²) in [6.07, 6.45) is 0. The van der Waals surface area contributed by atoms with Crippen molar-refractivity contribution >= 4 is 31.9 Å². The molecule has 0 atom stereocenters. The van der Waals surface area contributed by atoms with Crippen LogP contribution in [0.2, 0.25) is 0 Å². The fraction of sp³-hybridized carbons (Fsp3) is 1.00. The Labute approximate surface area is 97.1 Å². The molecule has 0 aromatic carbocycles. The van der Waals surface area contributed by atoms with Gasteiger partial charge in [-0.1, -0.05) is 31.9 Å². The van der Waals surface area contributed by atoms with Gasteiger partial charge in [-0.25, -0.2) is 0 Å². The molecule has 0 aromatic rings. The third kappa shape index (κ3) is 3.83. The highest BCUT2D eigenvalue weighted by Gasteiger charge is 2.29. The van der Waals surface area contributed by atoms with E-state index in [1.807, 2.05) is 0 Å². The molecular formula is C8H17Br2N3. The van der Waals surface area contributed by atoms with Crippen molar-refractivity contribution in [1.29, 1.82) is 0 Å². The number of alkyl halides is 2. The van der Waals surface area contributed by atoms with Crippen molar-refractivity contribution in [2.75, 3.05) is 46.8 Å². The van der Waals surface area contributed by atoms with Crippen LogP contribution in [0.1, 0.15) is 0 Å². The van der Waals surface area contributed by atoms with E-state index < -0.39 is 0 Å². The van der Waals surface area contributed by atoms with Gasteiger partial charge in [0, 0.05) is 32.7 Å². The van der Waals surface area contributed by atoms with Crippen molar-refractivity contribution in [2.24, 2.45) is 0 Å². The predicted octanol–water partition coefficient (Wildman–Crippen LogP) is 0.897. The number of nitrogens with one attached hydrogen (secondary N) is 1. The van der Waals surface area contributed by atoms with E-state index in [2.05, 4.69) is 61.1 Å². The van der Waals surface area contributed by atoms with Crippen molar-refractivity contribution in [3.8, 4) is 0 Å². The van der Waals surface area contributed by atoms with E-state index in [4.69, 9.17) is 0 Å². The highest BCUT2D eigenvalue weighted by molar-refractivity contribution is 9.25. The van der Waals surface area contributed by atoms with E-state index in [-0.39, 0.29) is 3.36 Å². The molecule has 0 radical (unpaired) electrons. The van der Waals surface area contributed by atoms with Crippen LogP contribution in [-0.2, 0) is 0 Å². The second-order valence-corrected chi connectivity index (χ2v) is 7.26. The zero-order chi connectivity index (χ0) is 9.90. The van der Waals surface area contributed by atoms with Gasteiger partial charge in [0.05, 0.1) is 0 Å². The summed E-state index contributed by atoms with van der Waals surface area (Å²) in [6.45, 7) is 5.23. The molecule has 1 aliphatic rings. The summed E-state index contributed by atoms with van der Waals surface area (Å²) >= 11 is 7.38. The molecule has 78 valence electrons. The lowest BCUT2D eigenvalue weighted by atomic mass is 10.5. The third-order valence-electron chi connectivity index (χ3n) is 2.31. The molecule has 5 heteroatoms. The number of nitrogens with zero attached hydrogens (tertiary/aromatic N) is 2. The van der Waals surface area contributed by atoms with Gasteiger partial charge in [0.15, 0.2) is 0 Å². The maximum absolute atomic E-state index is 3.69. The summed E-state index contributed by atoms with van der Waals surface area (Å²) in [4.78, 5) is 4.57. The van der Waals surface area contributed by atoms with Crippen LogP contribution in [0.3, 0.4) is 0 Å². The summed E-state index contributed by atoms with van der Waals surface area (Å²) < 4.78 is -0.0826. The Kier molecular flexibility index (Phi) is 4.65. The van der Waals surface area contributed by atoms with Crippen LogP contribution in [0, 0.1) is 0 Å². The predicted molar refractivity (Wildman–Crippen MR) is 63.6 cm³/mol. The molecule has 1 saturated heterocycles. The molecule has 1 heterocycles. The molecule has 0 bridgehead atoms. The third-order valence-corrected chi connectivity index (χ3v) is 4.03. The average molecular weight is 315 g/mol. The van der Waals surface area contributed by atoms with Crippen molar-refractivity contribution < 1.29 is 0 Å². The molecule has 1 rings (SSSR count). The normalized spacial score (nSPS) is 27.7. The molecule has 1 N–H and O–H groups in total. The van der Waals surface area contributed by atoms with E-state index in [0.29, 0.717) is 0 Å². The summed E-state index contributed by atoms with van der Waals surface area (Å²) in [6, 6.07) is 0. The summed E-state index contributed by atoms with van der Waals surface area (Å²) in [5.41, 5.74) is 0. The minimum Gasteiger partial charge on any atom is -0.314 e. The van der Waals surface area contributed by atoms with E-state index in [1.165, 1.54) is 0 Å². The maximum Gasteiger partial charge on any atom is 0.145 e. The molecule has 0 amide bonds. The Morgan fingerprint density at radius 2 is 1.77 bits per heavy atom. The molecule has 1 aliphatic heterocycles. The van der Waals surface area contributed by atoms with Gasteiger partial charge < -0.3 is 10.2 Å². The molecule has 1 fully saturated rings. The standard InChI is InChI=1S/C8H17Br2N3/c1-12-5-3-11-4-6-13(2)8(9,10)7-12/h11H,3-7H2,1-2H3. The van der Waals surface area contributed by atoms with Crippen molar-refractivity contribution in [3.63, 3.8) is 0 Å². The highest BCUT2D eigenvalue weighted by atomic mass is 79.9. The van der Waals surface area contributed by atoms with Gasteiger partial charge in [-0.3, -0.25) is 4.90 Å². The topological polar surface area (TPSA) is 18.5 Å². The van der Waals surface area contributed by atoms with Gasteiger partial charge in [0.2, 0.25) is 0 Å². The van der Waals surface area contributed by atoms with Crippen LogP contribution in [0.5, 0.6) is 0 Å². The lowest BCUT2D eigenvalue weighted by Crippen LogP contribution is -2.45. The summed E-state index contributed by atoms with van der Waals surface area (Å²) in [5.74, 6) is 0. The summed E-state index contributed by atoms with van der Waals surface area (Å²) in [5, 5.41) is 3.40. The molecule has 3 nitrogen and oxygen atoms in total. The Morgan fingerprint density at radius 3 is 2.46 bits per heavy atom. The number of halogens is 2. The average Bonchev–Trinajstić information content (AvgIpc) is 2.05. The van der Waals surface area contributed by atoms with Gasteiger partial charge in [0.25, 0.3) is 0 Å². The number of rotatable bonds is 0. The molecule has 0 aliphatic carbocycles. The van der Waals surface area contributed by atoms with Crippen molar-refractivity contribution in [2.45, 2.75) is 3.36 Å². The first-order valence-electron chi connectivity index (χ1n) is 4.51. The second-order valence-electron chi connectivity index (χ2n) is 3.58. The molecule has 0 unspecified atom stereocenters. The molecular weight excluding hydrogens is 298 g/mol. The minimum atomic E-state index is -0.0826. The van der Waals surface area contributed by atoms with Gasteiger partial charge >= 0.3 is 0 Å². The van der Waals surface area contributed by atoms with Gasteiger partial charge in [0.1, 0.15) is 3.36 Å². The Balaban J connectivity index is 2.58.